The Hall–Kier alpha value is 0.0649. The van der Waals surface area contributed by atoms with Gasteiger partial charge in [0.25, 0.3) is 0 Å². The first-order valence-electron chi connectivity index (χ1n) is 6.62. The molecule has 84 valence electrons. The van der Waals surface area contributed by atoms with E-state index in [2.05, 4.69) is 28.6 Å². The summed E-state index contributed by atoms with van der Waals surface area (Å²) in [6, 6.07) is 0. The van der Waals surface area contributed by atoms with Crippen LogP contribution in [0.3, 0.4) is 0 Å². The van der Waals surface area contributed by atoms with Crippen LogP contribution in [0.1, 0.15) is 78.6 Å². The van der Waals surface area contributed by atoms with Crippen LogP contribution in [0.2, 0.25) is 5.31 Å². The molecule has 1 atom stereocenters. The van der Waals surface area contributed by atoms with Gasteiger partial charge in [-0.15, -0.1) is 0 Å². The second-order valence-corrected chi connectivity index (χ2v) is 5.43. The summed E-state index contributed by atoms with van der Waals surface area (Å²) in [4.78, 5) is 0. The highest BCUT2D eigenvalue weighted by atomic mass is 14.1. The third-order valence-electron chi connectivity index (χ3n) is 3.13. The summed E-state index contributed by atoms with van der Waals surface area (Å²) < 4.78 is 0. The second kappa shape index (κ2) is 8.38. The van der Waals surface area contributed by atoms with Gasteiger partial charge in [-0.3, -0.25) is 0 Å². The molecule has 0 saturated carbocycles. The van der Waals surface area contributed by atoms with Crippen molar-refractivity contribution in [3.63, 3.8) is 0 Å². The van der Waals surface area contributed by atoms with Crippen LogP contribution >= 0.6 is 0 Å². The summed E-state index contributed by atoms with van der Waals surface area (Å²) in [5, 5.41) is 0.597. The van der Waals surface area contributed by atoms with E-state index in [-0.39, 0.29) is 0 Å². The number of unbranched alkanes of at least 4 members (excludes halogenated alkanes) is 5. The smallest absolute Gasteiger partial charge is 0.0669 e. The summed E-state index contributed by atoms with van der Waals surface area (Å²) in [5.74, 6) is 0. The van der Waals surface area contributed by atoms with Crippen molar-refractivity contribution >= 4 is 7.85 Å². The first-order chi connectivity index (χ1) is 6.62. The van der Waals surface area contributed by atoms with Gasteiger partial charge in [-0.1, -0.05) is 83.9 Å². The van der Waals surface area contributed by atoms with Gasteiger partial charge in [0, 0.05) is 0 Å². The third-order valence-corrected chi connectivity index (χ3v) is 3.13. The lowest BCUT2D eigenvalue weighted by Crippen LogP contribution is -2.07. The fourth-order valence-corrected chi connectivity index (χ4v) is 2.19. The van der Waals surface area contributed by atoms with Crippen LogP contribution in [-0.4, -0.2) is 7.85 Å². The zero-order chi connectivity index (χ0) is 10.9. The molecule has 1 unspecified atom stereocenters. The summed E-state index contributed by atoms with van der Waals surface area (Å²) >= 11 is 0. The molecule has 1 heteroatoms. The Bertz CT molecular complexity index is 118. The fourth-order valence-electron chi connectivity index (χ4n) is 2.19. The topological polar surface area (TPSA) is 0 Å². The van der Waals surface area contributed by atoms with Crippen LogP contribution in [0.4, 0.5) is 0 Å². The molecule has 0 fully saturated rings. The average molecular weight is 196 g/mol. The highest BCUT2D eigenvalue weighted by Gasteiger charge is 2.15. The van der Waals surface area contributed by atoms with Crippen LogP contribution in [0.15, 0.2) is 0 Å². The van der Waals surface area contributed by atoms with E-state index in [1.807, 2.05) is 0 Å². The van der Waals surface area contributed by atoms with E-state index < -0.39 is 0 Å². The Labute approximate surface area is 92.3 Å². The van der Waals surface area contributed by atoms with E-state index >= 15 is 0 Å². The molecule has 0 nitrogen and oxygen atoms in total. The summed E-state index contributed by atoms with van der Waals surface area (Å²) in [6.45, 7) is 7.00. The Morgan fingerprint density at radius 3 is 1.93 bits per heavy atom. The van der Waals surface area contributed by atoms with Crippen molar-refractivity contribution < 1.29 is 0 Å². The van der Waals surface area contributed by atoms with Gasteiger partial charge in [0.2, 0.25) is 0 Å². The number of hydrogen-bond acceptors (Lipinski definition) is 0. The molecule has 0 radical (unpaired) electrons. The molecule has 0 heterocycles. The van der Waals surface area contributed by atoms with Gasteiger partial charge in [0.1, 0.15) is 7.85 Å². The molecule has 0 aromatic rings. The highest BCUT2D eigenvalue weighted by Crippen LogP contribution is 2.33. The minimum absolute atomic E-state index is 0.597. The Kier molecular flexibility index (Phi) is 8.42. The van der Waals surface area contributed by atoms with Crippen LogP contribution in [0.25, 0.3) is 0 Å². The molecule has 0 aromatic heterocycles. The monoisotopic (exact) mass is 196 g/mol. The van der Waals surface area contributed by atoms with E-state index in [1.54, 1.807) is 0 Å². The molecule has 0 aliphatic heterocycles. The minimum atomic E-state index is 0.597. The molecule has 0 spiro atoms. The predicted octanol–water partition coefficient (Wildman–Crippen LogP) is 4.35. The molecule has 0 N–H and O–H groups in total. The lowest BCUT2D eigenvalue weighted by Gasteiger charge is -2.23. The molecule has 0 saturated heterocycles. The molecule has 0 bridgehead atoms. The molecule has 0 aliphatic carbocycles. The van der Waals surface area contributed by atoms with E-state index in [0.29, 0.717) is 5.31 Å². The zero-order valence-corrected chi connectivity index (χ0v) is 10.9. The minimum Gasteiger partial charge on any atom is -0.0669 e. The van der Waals surface area contributed by atoms with E-state index in [0.717, 1.165) is 0 Å². The van der Waals surface area contributed by atoms with Gasteiger partial charge in [0.15, 0.2) is 0 Å². The number of hydrogen-bond donors (Lipinski definition) is 0. The van der Waals surface area contributed by atoms with E-state index in [4.69, 9.17) is 0 Å². The predicted molar refractivity (Wildman–Crippen MR) is 69.8 cm³/mol. The maximum absolute atomic E-state index is 2.42. The normalized spacial score (nSPS) is 15.4. The molecule has 0 aromatic carbocycles. The van der Waals surface area contributed by atoms with Crippen molar-refractivity contribution in [3.8, 4) is 0 Å². The van der Waals surface area contributed by atoms with Crippen LogP contribution < -0.4 is 0 Å². The van der Waals surface area contributed by atoms with Gasteiger partial charge >= 0.3 is 0 Å². The SMILES string of the molecule is BC(C)(CCC)CCCCCCCC. The zero-order valence-electron chi connectivity index (χ0n) is 10.9. The Balaban J connectivity index is 3.26. The summed E-state index contributed by atoms with van der Waals surface area (Å²) in [7, 11) is 2.42. The van der Waals surface area contributed by atoms with Crippen LogP contribution in [0, 0.1) is 0 Å². The molecule has 14 heavy (non-hydrogen) atoms. The molecular formula is C13H29B. The molecular weight excluding hydrogens is 167 g/mol. The second-order valence-electron chi connectivity index (χ2n) is 5.43. The van der Waals surface area contributed by atoms with Crippen LogP contribution in [0.5, 0.6) is 0 Å². The van der Waals surface area contributed by atoms with Gasteiger partial charge < -0.3 is 0 Å². The van der Waals surface area contributed by atoms with Crippen molar-refractivity contribution in [3.05, 3.63) is 0 Å². The summed E-state index contributed by atoms with van der Waals surface area (Å²) in [6.07, 6.45) is 12.7. The lowest BCUT2D eigenvalue weighted by molar-refractivity contribution is 0.471. The van der Waals surface area contributed by atoms with Gasteiger partial charge in [-0.05, 0) is 0 Å². The van der Waals surface area contributed by atoms with E-state index in [1.165, 1.54) is 57.8 Å². The average Bonchev–Trinajstić information content (AvgIpc) is 2.11. The molecule has 0 rings (SSSR count). The Morgan fingerprint density at radius 2 is 1.36 bits per heavy atom. The molecule has 0 amide bonds. The first kappa shape index (κ1) is 14.1. The van der Waals surface area contributed by atoms with Gasteiger partial charge in [0.05, 0.1) is 0 Å². The summed E-state index contributed by atoms with van der Waals surface area (Å²) in [5.41, 5.74) is 0. The third kappa shape index (κ3) is 8.65. The highest BCUT2D eigenvalue weighted by molar-refractivity contribution is 6.14. The Morgan fingerprint density at radius 1 is 0.786 bits per heavy atom. The molecule has 0 aliphatic rings. The fraction of sp³-hybridized carbons (Fsp3) is 1.00. The van der Waals surface area contributed by atoms with E-state index in [9.17, 15) is 0 Å². The van der Waals surface area contributed by atoms with Crippen molar-refractivity contribution in [2.24, 2.45) is 0 Å². The standard InChI is InChI=1S/C13H29B/c1-4-6-7-8-9-10-12-13(3,14)11-5-2/h4-12,14H2,1-3H3. The lowest BCUT2D eigenvalue weighted by atomic mass is 9.64. The maximum Gasteiger partial charge on any atom is 0.109 e. The van der Waals surface area contributed by atoms with Gasteiger partial charge in [-0.25, -0.2) is 0 Å². The van der Waals surface area contributed by atoms with Crippen molar-refractivity contribution in [1.29, 1.82) is 0 Å². The van der Waals surface area contributed by atoms with Crippen LogP contribution in [-0.2, 0) is 0 Å². The van der Waals surface area contributed by atoms with Crippen molar-refractivity contribution in [2.45, 2.75) is 83.9 Å². The maximum atomic E-state index is 2.42. The van der Waals surface area contributed by atoms with Crippen molar-refractivity contribution in [2.75, 3.05) is 0 Å². The quantitative estimate of drug-likeness (QED) is 0.380. The van der Waals surface area contributed by atoms with Crippen molar-refractivity contribution in [1.82, 2.24) is 0 Å². The first-order valence-corrected chi connectivity index (χ1v) is 6.62. The largest absolute Gasteiger partial charge is 0.109 e. The number of rotatable bonds is 9. The van der Waals surface area contributed by atoms with Gasteiger partial charge in [-0.2, -0.15) is 0 Å².